The van der Waals surface area contributed by atoms with Crippen LogP contribution >= 0.6 is 11.9 Å². The van der Waals surface area contributed by atoms with Gasteiger partial charge in [0.15, 0.2) is 0 Å². The van der Waals surface area contributed by atoms with Crippen molar-refractivity contribution < 1.29 is 9.08 Å². The Morgan fingerprint density at radius 3 is 2.69 bits per heavy atom. The lowest BCUT2D eigenvalue weighted by atomic mass is 10.2. The van der Waals surface area contributed by atoms with Crippen molar-refractivity contribution in [2.24, 2.45) is 0 Å². The maximum atomic E-state index is 12.6. The second kappa shape index (κ2) is 8.20. The molecule has 0 unspecified atom stereocenters. The van der Waals surface area contributed by atoms with Gasteiger partial charge >= 0.3 is 5.63 Å². The Morgan fingerprint density at radius 2 is 1.90 bits per heavy atom. The number of hydrogen-bond acceptors (Lipinski definition) is 7. The second-order valence-corrected chi connectivity index (χ2v) is 6.85. The smallest absolute Gasteiger partial charge is 0.347 e. The Morgan fingerprint density at radius 1 is 1.10 bits per heavy atom. The average Bonchev–Trinajstić information content (AvgIpc) is 3.18. The minimum atomic E-state index is -0.424. The Hall–Kier alpha value is -2.94. The van der Waals surface area contributed by atoms with Gasteiger partial charge in [0.25, 0.3) is 0 Å². The molecule has 0 atom stereocenters. The van der Waals surface area contributed by atoms with Crippen LogP contribution in [-0.4, -0.2) is 45.2 Å². The van der Waals surface area contributed by atoms with E-state index in [1.54, 1.807) is 0 Å². The molecular formula is C20H20ClN5O3. The summed E-state index contributed by atoms with van der Waals surface area (Å²) in [4.78, 5) is 23.9. The van der Waals surface area contributed by atoms with E-state index in [-0.39, 0.29) is 0 Å². The number of rotatable bonds is 2. The fraction of sp³-hybridized carbons (Fsp3) is 0.250. The van der Waals surface area contributed by atoms with Crippen LogP contribution in [0.1, 0.15) is 5.56 Å². The Kier molecular flexibility index (Phi) is 5.48. The van der Waals surface area contributed by atoms with E-state index in [1.165, 1.54) is 0 Å². The van der Waals surface area contributed by atoms with Gasteiger partial charge in [-0.15, -0.1) is 0 Å². The zero-order chi connectivity index (χ0) is 20.4. The van der Waals surface area contributed by atoms with Gasteiger partial charge in [-0.3, -0.25) is 4.66 Å². The summed E-state index contributed by atoms with van der Waals surface area (Å²) in [7, 11) is 0. The molecule has 0 saturated carbocycles. The predicted molar refractivity (Wildman–Crippen MR) is 112 cm³/mol. The van der Waals surface area contributed by atoms with Crippen molar-refractivity contribution in [2.45, 2.75) is 6.92 Å². The fourth-order valence-corrected chi connectivity index (χ4v) is 3.47. The van der Waals surface area contributed by atoms with Crippen molar-refractivity contribution in [3.8, 4) is 11.3 Å². The maximum absolute atomic E-state index is 12.6. The molecule has 0 aromatic carbocycles. The van der Waals surface area contributed by atoms with Crippen molar-refractivity contribution in [3.63, 3.8) is 0 Å². The molecule has 0 amide bonds. The van der Waals surface area contributed by atoms with Gasteiger partial charge in [-0.25, -0.2) is 9.78 Å². The topological polar surface area (TPSA) is 95.9 Å². The molecule has 2 N–H and O–H groups in total. The third kappa shape index (κ3) is 3.82. The van der Waals surface area contributed by atoms with Gasteiger partial charge in [-0.05, 0) is 36.8 Å². The molecule has 150 valence electrons. The monoisotopic (exact) mass is 413 g/mol. The molecule has 1 saturated heterocycles. The molecule has 4 aromatic heterocycles. The van der Waals surface area contributed by atoms with Crippen molar-refractivity contribution >= 4 is 34.4 Å². The fourth-order valence-electron chi connectivity index (χ4n) is 3.47. The highest BCUT2D eigenvalue weighted by Crippen LogP contribution is 2.23. The number of pyridine rings is 2. The van der Waals surface area contributed by atoms with Crippen LogP contribution in [0, 0.1) is 6.92 Å². The highest BCUT2D eigenvalue weighted by atomic mass is 35.5. The summed E-state index contributed by atoms with van der Waals surface area (Å²) in [5, 5.41) is 4.11. The molecule has 8 nitrogen and oxygen atoms in total. The quantitative estimate of drug-likeness (QED) is 0.520. The maximum Gasteiger partial charge on any atom is 0.347 e. The third-order valence-corrected chi connectivity index (χ3v) is 4.90. The number of fused-ring (bicyclic) bond motifs is 2. The molecule has 0 bridgehead atoms. The molecular weight excluding hydrogens is 394 g/mol. The summed E-state index contributed by atoms with van der Waals surface area (Å²) in [6.07, 6.45) is 3.83. The third-order valence-electron chi connectivity index (χ3n) is 4.90. The van der Waals surface area contributed by atoms with E-state index in [4.69, 9.17) is 9.08 Å². The standard InChI is InChI=1S/C20H19N5O2.ClHO/c1-13-2-4-17-22-16(12-25(17)11-13)15-10-14-3-5-18(23-19(14)27-20(15)26)24-8-6-21-7-9-24;1-2/h2-5,10-12,21H,6-9H2,1H3;2H. The van der Waals surface area contributed by atoms with Crippen molar-refractivity contribution in [1.82, 2.24) is 19.7 Å². The minimum Gasteiger partial charge on any atom is -0.403 e. The van der Waals surface area contributed by atoms with E-state index < -0.39 is 5.63 Å². The van der Waals surface area contributed by atoms with Crippen molar-refractivity contribution in [3.05, 3.63) is 58.7 Å². The SMILES string of the molecule is Cc1ccc2nc(-c3cc4ccc(N5CCNCC5)nc4oc3=O)cn2c1.OCl. The van der Waals surface area contributed by atoms with E-state index in [0.29, 0.717) is 17.0 Å². The first-order valence-electron chi connectivity index (χ1n) is 9.21. The minimum absolute atomic E-state index is 0.361. The Balaban J connectivity index is 0.000000994. The van der Waals surface area contributed by atoms with Crippen molar-refractivity contribution in [2.75, 3.05) is 31.1 Å². The molecule has 5 rings (SSSR count). The number of hydrogen-bond donors (Lipinski definition) is 2. The zero-order valence-corrected chi connectivity index (χ0v) is 16.6. The van der Waals surface area contributed by atoms with Gasteiger partial charge in [0.05, 0.1) is 23.1 Å². The lowest BCUT2D eigenvalue weighted by Gasteiger charge is -2.28. The van der Waals surface area contributed by atoms with Crippen molar-refractivity contribution in [1.29, 1.82) is 0 Å². The average molecular weight is 414 g/mol. The van der Waals surface area contributed by atoms with Crippen LogP contribution in [0.15, 0.2) is 51.9 Å². The largest absolute Gasteiger partial charge is 0.403 e. The highest BCUT2D eigenvalue weighted by molar-refractivity contribution is 6.04. The lowest BCUT2D eigenvalue weighted by Crippen LogP contribution is -2.43. The second-order valence-electron chi connectivity index (χ2n) is 6.85. The molecule has 0 spiro atoms. The summed E-state index contributed by atoms with van der Waals surface area (Å²) >= 11 is 3.64. The first-order chi connectivity index (χ1) is 14.2. The number of piperazine rings is 1. The number of aryl methyl sites for hydroxylation is 1. The molecule has 1 fully saturated rings. The summed E-state index contributed by atoms with van der Waals surface area (Å²) in [6, 6.07) is 9.67. The Labute approximate surface area is 171 Å². The first kappa shape index (κ1) is 19.4. The van der Waals surface area contributed by atoms with Crippen LogP contribution in [0.3, 0.4) is 0 Å². The molecule has 1 aliphatic heterocycles. The zero-order valence-electron chi connectivity index (χ0n) is 15.8. The lowest BCUT2D eigenvalue weighted by molar-refractivity contribution is 0.547. The van der Waals surface area contributed by atoms with E-state index in [9.17, 15) is 4.79 Å². The van der Waals surface area contributed by atoms with Gasteiger partial charge in [-0.2, -0.15) is 4.98 Å². The van der Waals surface area contributed by atoms with Gasteiger partial charge in [0, 0.05) is 44.0 Å². The summed E-state index contributed by atoms with van der Waals surface area (Å²) < 4.78 is 13.9. The highest BCUT2D eigenvalue weighted by Gasteiger charge is 2.15. The van der Waals surface area contributed by atoms with Gasteiger partial charge in [0.2, 0.25) is 5.71 Å². The summed E-state index contributed by atoms with van der Waals surface area (Å²) in [5.41, 5.74) is 2.90. The van der Waals surface area contributed by atoms with E-state index in [0.717, 1.165) is 48.6 Å². The molecule has 29 heavy (non-hydrogen) atoms. The molecule has 9 heteroatoms. The predicted octanol–water partition coefficient (Wildman–Crippen LogP) is 2.35. The number of nitrogens with zero attached hydrogens (tertiary/aromatic N) is 4. The summed E-state index contributed by atoms with van der Waals surface area (Å²) in [5.74, 6) is 0.836. The summed E-state index contributed by atoms with van der Waals surface area (Å²) in [6.45, 7) is 5.65. The molecule has 0 aliphatic carbocycles. The number of halogens is 1. The van der Waals surface area contributed by atoms with E-state index in [1.807, 2.05) is 54.0 Å². The molecule has 0 radical (unpaired) electrons. The molecule has 5 heterocycles. The number of nitrogens with one attached hydrogen (secondary N) is 1. The van der Waals surface area contributed by atoms with Gasteiger partial charge < -0.3 is 19.0 Å². The normalized spacial score (nSPS) is 14.1. The van der Waals surface area contributed by atoms with Crippen LogP contribution in [0.2, 0.25) is 0 Å². The van der Waals surface area contributed by atoms with E-state index >= 15 is 0 Å². The molecule has 4 aromatic rings. The van der Waals surface area contributed by atoms with Crippen LogP contribution < -0.4 is 15.8 Å². The number of imidazole rings is 1. The number of aromatic nitrogens is 3. The first-order valence-corrected chi connectivity index (χ1v) is 9.54. The molecule has 1 aliphatic rings. The van der Waals surface area contributed by atoms with Crippen LogP contribution in [0.25, 0.3) is 28.0 Å². The number of anilines is 1. The van der Waals surface area contributed by atoms with Gasteiger partial charge in [0.1, 0.15) is 11.5 Å². The van der Waals surface area contributed by atoms with Crippen LogP contribution in [0.4, 0.5) is 5.82 Å². The van der Waals surface area contributed by atoms with E-state index in [2.05, 4.69) is 32.1 Å². The Bertz CT molecular complexity index is 1210. The van der Waals surface area contributed by atoms with Crippen LogP contribution in [-0.2, 0) is 0 Å². The van der Waals surface area contributed by atoms with Crippen LogP contribution in [0.5, 0.6) is 0 Å². The van der Waals surface area contributed by atoms with Gasteiger partial charge in [-0.1, -0.05) is 6.07 Å².